The van der Waals surface area contributed by atoms with Crippen molar-refractivity contribution in [1.82, 2.24) is 14.9 Å². The minimum atomic E-state index is -0.725. The van der Waals surface area contributed by atoms with Crippen molar-refractivity contribution in [2.75, 3.05) is 0 Å². The van der Waals surface area contributed by atoms with Gasteiger partial charge in [-0.15, -0.1) is 0 Å². The summed E-state index contributed by atoms with van der Waals surface area (Å²) in [5.74, 6) is -1.29. The average Bonchev–Trinajstić information content (AvgIpc) is 2.87. The van der Waals surface area contributed by atoms with Crippen LogP contribution >= 0.6 is 0 Å². The Bertz CT molecular complexity index is 855. The topological polar surface area (TPSA) is 83.4 Å². The second-order valence-corrected chi connectivity index (χ2v) is 7.32. The number of carbonyl (C=O) groups excluding carboxylic acids is 2. The molecule has 0 aliphatic carbocycles. The maximum atomic E-state index is 13.0. The lowest BCUT2D eigenvalue weighted by atomic mass is 9.82. The number of hydrogen-bond acceptors (Lipinski definition) is 5. The summed E-state index contributed by atoms with van der Waals surface area (Å²) in [6, 6.07) is 6.48. The molecule has 0 saturated heterocycles. The lowest BCUT2D eigenvalue weighted by Gasteiger charge is -2.28. The number of aromatic nitrogens is 2. The van der Waals surface area contributed by atoms with Crippen molar-refractivity contribution in [3.05, 3.63) is 71.5 Å². The van der Waals surface area contributed by atoms with Crippen LogP contribution in [0, 0.1) is 5.41 Å². The van der Waals surface area contributed by atoms with E-state index in [4.69, 9.17) is 0 Å². The Hall–Kier alpha value is -3.02. The molecule has 3 heterocycles. The minimum absolute atomic E-state index is 0.129. The van der Waals surface area contributed by atoms with Crippen LogP contribution in [0.4, 0.5) is 0 Å². The zero-order chi connectivity index (χ0) is 18.9. The van der Waals surface area contributed by atoms with Crippen LogP contribution in [0.3, 0.4) is 0 Å². The Morgan fingerprint density at radius 1 is 1.15 bits per heavy atom. The summed E-state index contributed by atoms with van der Waals surface area (Å²) in [6.07, 6.45) is 6.53. The summed E-state index contributed by atoms with van der Waals surface area (Å²) in [5.41, 5.74) is 0.951. The molecule has 3 rings (SSSR count). The van der Waals surface area contributed by atoms with E-state index in [9.17, 15) is 14.7 Å². The van der Waals surface area contributed by atoms with Gasteiger partial charge in [0.05, 0.1) is 11.6 Å². The Labute approximate surface area is 152 Å². The summed E-state index contributed by atoms with van der Waals surface area (Å²) >= 11 is 0. The molecule has 1 aliphatic rings. The van der Waals surface area contributed by atoms with Crippen molar-refractivity contribution in [2.45, 2.75) is 33.4 Å². The molecular weight excluding hydrogens is 330 g/mol. The van der Waals surface area contributed by atoms with Gasteiger partial charge in [-0.3, -0.25) is 19.6 Å². The molecule has 1 aliphatic heterocycles. The zero-order valence-corrected chi connectivity index (χ0v) is 15.0. The van der Waals surface area contributed by atoms with Crippen LogP contribution in [0.2, 0.25) is 0 Å². The van der Waals surface area contributed by atoms with Gasteiger partial charge in [-0.1, -0.05) is 26.8 Å². The van der Waals surface area contributed by atoms with Crippen molar-refractivity contribution in [1.29, 1.82) is 0 Å². The van der Waals surface area contributed by atoms with Crippen molar-refractivity contribution in [2.24, 2.45) is 5.41 Å². The molecule has 2 aromatic heterocycles. The molecule has 1 unspecified atom stereocenters. The lowest BCUT2D eigenvalue weighted by molar-refractivity contribution is -0.130. The van der Waals surface area contributed by atoms with E-state index >= 15 is 0 Å². The summed E-state index contributed by atoms with van der Waals surface area (Å²) in [7, 11) is 0. The summed E-state index contributed by atoms with van der Waals surface area (Å²) in [6.45, 7) is 5.57. The number of rotatable bonds is 4. The normalized spacial score (nSPS) is 17.7. The molecule has 0 aromatic carbocycles. The average molecular weight is 351 g/mol. The van der Waals surface area contributed by atoms with Crippen LogP contribution in [0.1, 0.15) is 37.9 Å². The van der Waals surface area contributed by atoms with Crippen LogP contribution < -0.4 is 0 Å². The third-order valence-corrected chi connectivity index (χ3v) is 4.33. The molecule has 6 nitrogen and oxygen atoms in total. The molecule has 2 aromatic rings. The van der Waals surface area contributed by atoms with Gasteiger partial charge in [0.2, 0.25) is 0 Å². The van der Waals surface area contributed by atoms with Crippen LogP contribution in [-0.4, -0.2) is 31.7 Å². The summed E-state index contributed by atoms with van der Waals surface area (Å²) in [5, 5.41) is 10.5. The van der Waals surface area contributed by atoms with Crippen LogP contribution in [0.15, 0.2) is 60.4 Å². The zero-order valence-electron chi connectivity index (χ0n) is 15.0. The third-order valence-electron chi connectivity index (χ3n) is 4.33. The summed E-state index contributed by atoms with van der Waals surface area (Å²) < 4.78 is 0. The third kappa shape index (κ3) is 3.22. The van der Waals surface area contributed by atoms with E-state index in [0.29, 0.717) is 5.56 Å². The van der Waals surface area contributed by atoms with E-state index in [-0.39, 0.29) is 17.9 Å². The first-order valence-corrected chi connectivity index (χ1v) is 8.38. The highest BCUT2D eigenvalue weighted by Crippen LogP contribution is 2.41. The Morgan fingerprint density at radius 3 is 2.42 bits per heavy atom. The molecule has 0 saturated carbocycles. The molecule has 1 N–H and O–H groups in total. The van der Waals surface area contributed by atoms with Gasteiger partial charge in [-0.25, -0.2) is 0 Å². The molecule has 0 spiro atoms. The van der Waals surface area contributed by atoms with Gasteiger partial charge in [0.25, 0.3) is 5.91 Å². The van der Waals surface area contributed by atoms with E-state index in [2.05, 4.69) is 9.97 Å². The highest BCUT2D eigenvalue weighted by atomic mass is 16.3. The molecule has 6 heteroatoms. The van der Waals surface area contributed by atoms with Gasteiger partial charge >= 0.3 is 0 Å². The fraction of sp³-hybridized carbons (Fsp3) is 0.300. The predicted octanol–water partition coefficient (Wildman–Crippen LogP) is 2.99. The quantitative estimate of drug-likeness (QED) is 0.915. The van der Waals surface area contributed by atoms with E-state index in [1.807, 2.05) is 0 Å². The number of Topliss-reactive ketones (excluding diaryl/α,β-unsaturated/α-hetero) is 1. The van der Waals surface area contributed by atoms with Gasteiger partial charge in [0.15, 0.2) is 11.5 Å². The largest absolute Gasteiger partial charge is 0.503 e. The number of ketones is 1. The number of aliphatic hydroxyl groups is 1. The van der Waals surface area contributed by atoms with E-state index in [1.165, 1.54) is 4.90 Å². The molecule has 0 bridgehead atoms. The fourth-order valence-electron chi connectivity index (χ4n) is 3.02. The molecule has 134 valence electrons. The van der Waals surface area contributed by atoms with Gasteiger partial charge in [-0.2, -0.15) is 0 Å². The first-order chi connectivity index (χ1) is 12.3. The lowest BCUT2D eigenvalue weighted by Crippen LogP contribution is -2.32. The number of aliphatic hydroxyl groups excluding tert-OH is 1. The van der Waals surface area contributed by atoms with Gasteiger partial charge in [0.1, 0.15) is 0 Å². The van der Waals surface area contributed by atoms with E-state index in [1.54, 1.807) is 69.8 Å². The van der Waals surface area contributed by atoms with E-state index in [0.717, 1.165) is 5.56 Å². The molecule has 0 radical (unpaired) electrons. The van der Waals surface area contributed by atoms with Gasteiger partial charge in [0, 0.05) is 36.7 Å². The standard InChI is InChI=1S/C20H21N3O3/c1-20(2,3)18(25)15-16(14-5-4-8-22-11-14)23(19(26)17(15)24)12-13-6-9-21-10-7-13/h4-11,16,24H,12H2,1-3H3. The fourth-order valence-corrected chi connectivity index (χ4v) is 3.02. The highest BCUT2D eigenvalue weighted by Gasteiger charge is 2.45. The van der Waals surface area contributed by atoms with Crippen molar-refractivity contribution in [3.8, 4) is 0 Å². The highest BCUT2D eigenvalue weighted by molar-refractivity contribution is 6.10. The van der Waals surface area contributed by atoms with Crippen LogP contribution in [0.25, 0.3) is 0 Å². The summed E-state index contributed by atoms with van der Waals surface area (Å²) in [4.78, 5) is 35.3. The SMILES string of the molecule is CC(C)(C)C(=O)C1=C(O)C(=O)N(Cc2ccncc2)C1c1cccnc1. The Morgan fingerprint density at radius 2 is 1.85 bits per heavy atom. The minimum Gasteiger partial charge on any atom is -0.503 e. The first kappa shape index (κ1) is 17.8. The molecular formula is C20H21N3O3. The van der Waals surface area contributed by atoms with Crippen molar-refractivity contribution in [3.63, 3.8) is 0 Å². The van der Waals surface area contributed by atoms with Crippen molar-refractivity contribution < 1.29 is 14.7 Å². The molecule has 26 heavy (non-hydrogen) atoms. The number of hydrogen-bond donors (Lipinski definition) is 1. The Kier molecular flexibility index (Phi) is 4.59. The van der Waals surface area contributed by atoms with Crippen LogP contribution in [0.5, 0.6) is 0 Å². The molecule has 1 amide bonds. The monoisotopic (exact) mass is 351 g/mol. The van der Waals surface area contributed by atoms with Crippen LogP contribution in [-0.2, 0) is 16.1 Å². The second kappa shape index (κ2) is 6.71. The second-order valence-electron chi connectivity index (χ2n) is 7.32. The number of carbonyl (C=O) groups is 2. The number of pyridine rings is 2. The smallest absolute Gasteiger partial charge is 0.290 e. The van der Waals surface area contributed by atoms with E-state index < -0.39 is 23.1 Å². The predicted molar refractivity (Wildman–Crippen MR) is 95.9 cm³/mol. The van der Waals surface area contributed by atoms with Gasteiger partial charge < -0.3 is 10.0 Å². The van der Waals surface area contributed by atoms with Gasteiger partial charge in [-0.05, 0) is 29.3 Å². The Balaban J connectivity index is 2.08. The molecule has 0 fully saturated rings. The van der Waals surface area contributed by atoms with Crippen molar-refractivity contribution >= 4 is 11.7 Å². The number of amides is 1. The maximum absolute atomic E-state index is 13.0. The maximum Gasteiger partial charge on any atom is 0.290 e. The number of nitrogens with zero attached hydrogens (tertiary/aromatic N) is 3. The first-order valence-electron chi connectivity index (χ1n) is 8.38. The molecule has 1 atom stereocenters.